The summed E-state index contributed by atoms with van der Waals surface area (Å²) in [7, 11) is 0. The molecule has 1 amide bonds. The predicted octanol–water partition coefficient (Wildman–Crippen LogP) is 2.46. The van der Waals surface area contributed by atoms with Crippen molar-refractivity contribution in [2.45, 2.75) is 38.4 Å². The predicted molar refractivity (Wildman–Crippen MR) is 68.8 cm³/mol. The van der Waals surface area contributed by atoms with Crippen LogP contribution in [0.25, 0.3) is 0 Å². The molecule has 1 aliphatic rings. The first-order chi connectivity index (χ1) is 9.40. The maximum absolute atomic E-state index is 13.2. The summed E-state index contributed by atoms with van der Waals surface area (Å²) in [5.74, 6) is -0.360. The monoisotopic (exact) mass is 286 g/mol. The number of amides is 1. The van der Waals surface area contributed by atoms with E-state index in [0.29, 0.717) is 5.56 Å². The first kappa shape index (κ1) is 14.8. The topological polar surface area (TPSA) is 32.3 Å². The van der Waals surface area contributed by atoms with Crippen molar-refractivity contribution in [3.63, 3.8) is 0 Å². The van der Waals surface area contributed by atoms with Crippen LogP contribution in [0.4, 0.5) is 13.2 Å². The second-order valence-corrected chi connectivity index (χ2v) is 4.91. The number of hydrogen-bond donors (Lipinski definition) is 1. The fraction of sp³-hybridized carbons (Fsp3) is 0.500. The Balaban J connectivity index is 2.17. The molecule has 1 atom stereocenters. The van der Waals surface area contributed by atoms with E-state index in [0.717, 1.165) is 17.0 Å². The number of benzene rings is 1. The van der Waals surface area contributed by atoms with Crippen LogP contribution in [-0.4, -0.2) is 29.7 Å². The second-order valence-electron chi connectivity index (χ2n) is 4.91. The van der Waals surface area contributed by atoms with Gasteiger partial charge >= 0.3 is 6.18 Å². The van der Waals surface area contributed by atoms with Crippen molar-refractivity contribution in [2.75, 3.05) is 6.54 Å². The number of carbonyl (C=O) groups is 1. The van der Waals surface area contributed by atoms with Crippen LogP contribution in [0, 0.1) is 0 Å². The van der Waals surface area contributed by atoms with Crippen LogP contribution in [0.5, 0.6) is 0 Å². The van der Waals surface area contributed by atoms with E-state index in [1.54, 1.807) is 18.2 Å². The highest BCUT2D eigenvalue weighted by atomic mass is 19.4. The molecule has 0 aliphatic carbocycles. The lowest BCUT2D eigenvalue weighted by molar-refractivity contribution is -0.187. The summed E-state index contributed by atoms with van der Waals surface area (Å²) in [6.45, 7) is 2.05. The van der Waals surface area contributed by atoms with Crippen LogP contribution in [0.15, 0.2) is 24.3 Å². The molecule has 1 unspecified atom stereocenters. The maximum Gasteiger partial charge on any atom is 0.406 e. The molecule has 0 radical (unpaired) electrons. The van der Waals surface area contributed by atoms with Gasteiger partial charge in [0.1, 0.15) is 6.04 Å². The summed E-state index contributed by atoms with van der Waals surface area (Å²) in [4.78, 5) is 11.1. The molecule has 6 heteroatoms. The van der Waals surface area contributed by atoms with Gasteiger partial charge < -0.3 is 0 Å². The molecular formula is C14H17F3N2O. The second kappa shape index (κ2) is 5.83. The number of nitrogens with one attached hydrogen (secondary N) is 1. The van der Waals surface area contributed by atoms with Crippen LogP contribution in [-0.2, 0) is 17.6 Å². The van der Waals surface area contributed by atoms with Gasteiger partial charge in [-0.05, 0) is 24.0 Å². The van der Waals surface area contributed by atoms with Gasteiger partial charge in [-0.1, -0.05) is 31.2 Å². The minimum atomic E-state index is -4.38. The maximum atomic E-state index is 13.2. The van der Waals surface area contributed by atoms with Crippen molar-refractivity contribution < 1.29 is 18.0 Å². The Labute approximate surface area is 115 Å². The Morgan fingerprint density at radius 3 is 2.60 bits per heavy atom. The van der Waals surface area contributed by atoms with E-state index in [9.17, 15) is 18.0 Å². The summed E-state index contributed by atoms with van der Waals surface area (Å²) in [6, 6.07) is 5.46. The van der Waals surface area contributed by atoms with E-state index in [2.05, 4.69) is 5.43 Å². The number of halogens is 3. The van der Waals surface area contributed by atoms with E-state index in [1.165, 1.54) is 0 Å². The normalized spacial score (nSPS) is 18.1. The molecule has 1 heterocycles. The van der Waals surface area contributed by atoms with Crippen LogP contribution in [0.3, 0.4) is 0 Å². The van der Waals surface area contributed by atoms with E-state index < -0.39 is 12.2 Å². The summed E-state index contributed by atoms with van der Waals surface area (Å²) < 4.78 is 39.5. The molecule has 20 heavy (non-hydrogen) atoms. The van der Waals surface area contributed by atoms with Crippen LogP contribution < -0.4 is 5.43 Å². The first-order valence-electron chi connectivity index (χ1n) is 6.61. The summed E-state index contributed by atoms with van der Waals surface area (Å²) >= 11 is 0. The summed E-state index contributed by atoms with van der Waals surface area (Å²) in [5.41, 5.74) is 3.92. The first-order valence-corrected chi connectivity index (χ1v) is 6.61. The van der Waals surface area contributed by atoms with Gasteiger partial charge in [0.2, 0.25) is 5.91 Å². The smallest absolute Gasteiger partial charge is 0.288 e. The highest BCUT2D eigenvalue weighted by molar-refractivity contribution is 5.77. The van der Waals surface area contributed by atoms with Crippen molar-refractivity contribution in [1.82, 2.24) is 10.4 Å². The van der Waals surface area contributed by atoms with Gasteiger partial charge in [0.25, 0.3) is 0 Å². The third-order valence-electron chi connectivity index (χ3n) is 3.43. The van der Waals surface area contributed by atoms with Gasteiger partial charge in [0.15, 0.2) is 0 Å². The third kappa shape index (κ3) is 3.50. The highest BCUT2D eigenvalue weighted by Gasteiger charge is 2.45. The molecule has 1 saturated heterocycles. The minimum Gasteiger partial charge on any atom is -0.288 e. The fourth-order valence-corrected chi connectivity index (χ4v) is 2.33. The lowest BCUT2D eigenvalue weighted by atomic mass is 10.0. The van der Waals surface area contributed by atoms with Crippen molar-refractivity contribution in [3.8, 4) is 0 Å². The van der Waals surface area contributed by atoms with Gasteiger partial charge in [0, 0.05) is 13.0 Å². The zero-order valence-electron chi connectivity index (χ0n) is 11.2. The van der Waals surface area contributed by atoms with E-state index in [1.807, 2.05) is 13.0 Å². The molecular weight excluding hydrogens is 269 g/mol. The highest BCUT2D eigenvalue weighted by Crippen LogP contribution is 2.28. The average molecular weight is 286 g/mol. The largest absolute Gasteiger partial charge is 0.406 e. The Kier molecular flexibility index (Phi) is 4.32. The molecule has 1 N–H and O–H groups in total. The van der Waals surface area contributed by atoms with E-state index in [-0.39, 0.29) is 25.3 Å². The summed E-state index contributed by atoms with van der Waals surface area (Å²) in [5, 5.41) is 1.00. The molecule has 0 bridgehead atoms. The average Bonchev–Trinajstić information content (AvgIpc) is 2.81. The fourth-order valence-electron chi connectivity index (χ4n) is 2.33. The standard InChI is InChI=1S/C14H17F3N2O/c1-2-10-4-3-5-11(8-10)9-12(14(15,16)17)19-7-6-13(20)18-19/h3-5,8,12H,2,6-7,9H2,1H3,(H,18,20). The Bertz CT molecular complexity index is 488. The molecule has 1 aliphatic heterocycles. The van der Waals surface area contributed by atoms with Crippen molar-refractivity contribution >= 4 is 5.91 Å². The number of alkyl halides is 3. The van der Waals surface area contributed by atoms with Crippen LogP contribution in [0.2, 0.25) is 0 Å². The number of hydrogen-bond acceptors (Lipinski definition) is 2. The van der Waals surface area contributed by atoms with E-state index >= 15 is 0 Å². The van der Waals surface area contributed by atoms with E-state index in [4.69, 9.17) is 0 Å². The van der Waals surface area contributed by atoms with Gasteiger partial charge in [-0.25, -0.2) is 5.01 Å². The number of hydrazine groups is 1. The molecule has 1 aromatic rings. The Morgan fingerprint density at radius 2 is 2.05 bits per heavy atom. The number of nitrogens with zero attached hydrogens (tertiary/aromatic N) is 1. The molecule has 0 spiro atoms. The SMILES string of the molecule is CCc1cccc(CC(N2CCC(=O)N2)C(F)(F)F)c1. The molecule has 1 aromatic carbocycles. The molecule has 0 aromatic heterocycles. The van der Waals surface area contributed by atoms with Gasteiger partial charge in [-0.15, -0.1) is 0 Å². The van der Waals surface area contributed by atoms with Crippen LogP contribution in [0.1, 0.15) is 24.5 Å². The van der Waals surface area contributed by atoms with Crippen molar-refractivity contribution in [3.05, 3.63) is 35.4 Å². The molecule has 0 saturated carbocycles. The zero-order valence-corrected chi connectivity index (χ0v) is 11.2. The van der Waals surface area contributed by atoms with Crippen LogP contribution >= 0.6 is 0 Å². The zero-order chi connectivity index (χ0) is 14.8. The minimum absolute atomic E-state index is 0.0937. The quantitative estimate of drug-likeness (QED) is 0.922. The lowest BCUT2D eigenvalue weighted by Crippen LogP contribution is -2.51. The number of aryl methyl sites for hydroxylation is 1. The Hall–Kier alpha value is -1.56. The van der Waals surface area contributed by atoms with Crippen molar-refractivity contribution in [2.24, 2.45) is 0 Å². The van der Waals surface area contributed by atoms with Gasteiger partial charge in [0.05, 0.1) is 0 Å². The number of rotatable bonds is 4. The molecule has 3 nitrogen and oxygen atoms in total. The molecule has 110 valence electrons. The molecule has 2 rings (SSSR count). The van der Waals surface area contributed by atoms with Crippen molar-refractivity contribution in [1.29, 1.82) is 0 Å². The number of carbonyl (C=O) groups excluding carboxylic acids is 1. The lowest BCUT2D eigenvalue weighted by Gasteiger charge is -2.29. The summed E-state index contributed by atoms with van der Waals surface area (Å²) in [6.07, 6.45) is -3.63. The van der Waals surface area contributed by atoms with Gasteiger partial charge in [-0.2, -0.15) is 13.2 Å². The van der Waals surface area contributed by atoms with Gasteiger partial charge in [-0.3, -0.25) is 10.2 Å². The third-order valence-corrected chi connectivity index (χ3v) is 3.43. The Morgan fingerprint density at radius 1 is 1.35 bits per heavy atom. The molecule has 1 fully saturated rings.